The Labute approximate surface area is 110 Å². The Balaban J connectivity index is 2.05. The molecule has 0 bridgehead atoms. The fourth-order valence-corrected chi connectivity index (χ4v) is 2.11. The van der Waals surface area contributed by atoms with Crippen molar-refractivity contribution in [3.63, 3.8) is 0 Å². The molecule has 4 heteroatoms. The van der Waals surface area contributed by atoms with Crippen LogP contribution in [0, 0.1) is 6.92 Å². The Kier molecular flexibility index (Phi) is 3.79. The van der Waals surface area contributed by atoms with Crippen molar-refractivity contribution in [1.82, 2.24) is 0 Å². The third kappa shape index (κ3) is 3.21. The molecule has 1 heterocycles. The van der Waals surface area contributed by atoms with E-state index in [1.807, 2.05) is 36.6 Å². The van der Waals surface area contributed by atoms with Gasteiger partial charge in [-0.05, 0) is 42.1 Å². The average molecular weight is 258 g/mol. The summed E-state index contributed by atoms with van der Waals surface area (Å²) in [6, 6.07) is 9.45. The van der Waals surface area contributed by atoms with Crippen molar-refractivity contribution in [3.05, 3.63) is 52.2 Å². The molecule has 18 heavy (non-hydrogen) atoms. The highest BCUT2D eigenvalue weighted by Crippen LogP contribution is 2.19. The lowest BCUT2D eigenvalue weighted by Crippen LogP contribution is -2.09. The lowest BCUT2D eigenvalue weighted by atomic mass is 10.2. The van der Waals surface area contributed by atoms with Crippen LogP contribution in [-0.2, 0) is 4.79 Å². The maximum absolute atomic E-state index is 11.7. The molecule has 0 spiro atoms. The molecule has 0 saturated carbocycles. The van der Waals surface area contributed by atoms with Crippen LogP contribution >= 0.6 is 11.3 Å². The molecule has 3 nitrogen and oxygen atoms in total. The van der Waals surface area contributed by atoms with Gasteiger partial charge in [0, 0.05) is 11.0 Å². The number of hydrogen-bond donors (Lipinski definition) is 2. The van der Waals surface area contributed by atoms with Gasteiger partial charge in [-0.25, -0.2) is 0 Å². The van der Waals surface area contributed by atoms with Crippen molar-refractivity contribution in [2.45, 2.75) is 6.92 Å². The first kappa shape index (κ1) is 12.4. The predicted octanol–water partition coefficient (Wildman–Crippen LogP) is 3.29. The van der Waals surface area contributed by atoms with Gasteiger partial charge in [-0.15, -0.1) is 11.3 Å². The summed E-state index contributed by atoms with van der Waals surface area (Å²) in [4.78, 5) is 12.8. The Morgan fingerprint density at radius 3 is 2.94 bits per heavy atom. The molecule has 1 aromatic heterocycles. The lowest BCUT2D eigenvalue weighted by molar-refractivity contribution is -0.111. The zero-order valence-electron chi connectivity index (χ0n) is 10.0. The first-order valence-electron chi connectivity index (χ1n) is 5.54. The Bertz CT molecular complexity index is 573. The highest BCUT2D eigenvalue weighted by Gasteiger charge is 2.02. The lowest BCUT2D eigenvalue weighted by Gasteiger charge is -2.06. The van der Waals surface area contributed by atoms with Gasteiger partial charge < -0.3 is 11.1 Å². The molecule has 2 aromatic rings. The van der Waals surface area contributed by atoms with E-state index in [-0.39, 0.29) is 5.91 Å². The molecule has 3 N–H and O–H groups in total. The van der Waals surface area contributed by atoms with E-state index >= 15 is 0 Å². The van der Waals surface area contributed by atoms with Crippen LogP contribution in [0.4, 0.5) is 11.4 Å². The number of carbonyl (C=O) groups is 1. The van der Waals surface area contributed by atoms with E-state index in [0.29, 0.717) is 11.4 Å². The normalized spacial score (nSPS) is 10.7. The van der Waals surface area contributed by atoms with Crippen molar-refractivity contribution in [2.24, 2.45) is 0 Å². The monoisotopic (exact) mass is 258 g/mol. The quantitative estimate of drug-likeness (QED) is 0.655. The van der Waals surface area contributed by atoms with Gasteiger partial charge in [-0.1, -0.05) is 12.1 Å². The standard InChI is InChI=1S/C14H14N2OS/c1-10-4-6-12(15)13(9-10)16-14(17)7-5-11-3-2-8-18-11/h2-9H,15H2,1H3,(H,16,17)/b7-5+. The van der Waals surface area contributed by atoms with E-state index in [2.05, 4.69) is 5.32 Å². The number of rotatable bonds is 3. The first-order chi connectivity index (χ1) is 8.65. The van der Waals surface area contributed by atoms with E-state index in [1.165, 1.54) is 6.08 Å². The van der Waals surface area contributed by atoms with Crippen LogP contribution in [0.2, 0.25) is 0 Å². The number of benzene rings is 1. The summed E-state index contributed by atoms with van der Waals surface area (Å²) in [5.74, 6) is -0.180. The third-order valence-electron chi connectivity index (χ3n) is 2.41. The number of nitrogens with one attached hydrogen (secondary N) is 1. The highest BCUT2D eigenvalue weighted by atomic mass is 32.1. The summed E-state index contributed by atoms with van der Waals surface area (Å²) in [6.07, 6.45) is 3.29. The van der Waals surface area contributed by atoms with Gasteiger partial charge in [0.1, 0.15) is 0 Å². The summed E-state index contributed by atoms with van der Waals surface area (Å²) in [7, 11) is 0. The molecule has 1 amide bonds. The van der Waals surface area contributed by atoms with Gasteiger partial charge in [0.05, 0.1) is 11.4 Å². The summed E-state index contributed by atoms with van der Waals surface area (Å²) < 4.78 is 0. The second kappa shape index (κ2) is 5.51. The number of nitrogen functional groups attached to an aromatic ring is 1. The fraction of sp³-hybridized carbons (Fsp3) is 0.0714. The number of thiophene rings is 1. The van der Waals surface area contributed by atoms with E-state index in [0.717, 1.165) is 10.4 Å². The Morgan fingerprint density at radius 2 is 2.22 bits per heavy atom. The van der Waals surface area contributed by atoms with Crippen LogP contribution < -0.4 is 11.1 Å². The molecule has 0 atom stereocenters. The first-order valence-corrected chi connectivity index (χ1v) is 6.42. The second-order valence-corrected chi connectivity index (χ2v) is 4.91. The molecule has 0 saturated heterocycles. The number of anilines is 2. The minimum Gasteiger partial charge on any atom is -0.397 e. The van der Waals surface area contributed by atoms with Gasteiger partial charge in [-0.3, -0.25) is 4.79 Å². The Morgan fingerprint density at radius 1 is 1.39 bits per heavy atom. The third-order valence-corrected chi connectivity index (χ3v) is 3.25. The summed E-state index contributed by atoms with van der Waals surface area (Å²) in [5, 5.41) is 4.74. The molecule has 0 aliphatic carbocycles. The maximum Gasteiger partial charge on any atom is 0.248 e. The van der Waals surface area contributed by atoms with Gasteiger partial charge in [-0.2, -0.15) is 0 Å². The number of carbonyl (C=O) groups excluding carboxylic acids is 1. The molecular formula is C14H14N2OS. The molecular weight excluding hydrogens is 244 g/mol. The van der Waals surface area contributed by atoms with Crippen molar-refractivity contribution in [1.29, 1.82) is 0 Å². The minimum absolute atomic E-state index is 0.180. The summed E-state index contributed by atoms with van der Waals surface area (Å²) in [6.45, 7) is 1.95. The second-order valence-electron chi connectivity index (χ2n) is 3.93. The molecule has 0 unspecified atom stereocenters. The largest absolute Gasteiger partial charge is 0.397 e. The van der Waals surface area contributed by atoms with Gasteiger partial charge >= 0.3 is 0 Å². The number of hydrogen-bond acceptors (Lipinski definition) is 3. The van der Waals surface area contributed by atoms with Crippen LogP contribution in [0.25, 0.3) is 6.08 Å². The van der Waals surface area contributed by atoms with E-state index in [1.54, 1.807) is 23.5 Å². The molecule has 1 aromatic carbocycles. The van der Waals surface area contributed by atoms with Crippen LogP contribution in [0.15, 0.2) is 41.8 Å². The van der Waals surface area contributed by atoms with Crippen molar-refractivity contribution in [2.75, 3.05) is 11.1 Å². The van der Waals surface area contributed by atoms with E-state index < -0.39 is 0 Å². The van der Waals surface area contributed by atoms with Crippen LogP contribution in [-0.4, -0.2) is 5.91 Å². The number of amides is 1. The Hall–Kier alpha value is -2.07. The molecule has 0 aliphatic heterocycles. The van der Waals surface area contributed by atoms with Gasteiger partial charge in [0.25, 0.3) is 0 Å². The highest BCUT2D eigenvalue weighted by molar-refractivity contribution is 7.10. The van der Waals surface area contributed by atoms with Crippen molar-refractivity contribution < 1.29 is 4.79 Å². The molecule has 2 rings (SSSR count). The zero-order valence-corrected chi connectivity index (χ0v) is 10.8. The summed E-state index contributed by atoms with van der Waals surface area (Å²) in [5.41, 5.74) is 8.07. The molecule has 92 valence electrons. The minimum atomic E-state index is -0.180. The van der Waals surface area contributed by atoms with Crippen LogP contribution in [0.5, 0.6) is 0 Å². The smallest absolute Gasteiger partial charge is 0.248 e. The number of nitrogens with two attached hydrogens (primary N) is 1. The average Bonchev–Trinajstić information content (AvgIpc) is 2.84. The van der Waals surface area contributed by atoms with Crippen LogP contribution in [0.1, 0.15) is 10.4 Å². The van der Waals surface area contributed by atoms with Crippen molar-refractivity contribution >= 4 is 34.7 Å². The van der Waals surface area contributed by atoms with E-state index in [9.17, 15) is 4.79 Å². The molecule has 0 fully saturated rings. The predicted molar refractivity (Wildman–Crippen MR) is 77.6 cm³/mol. The van der Waals surface area contributed by atoms with Crippen molar-refractivity contribution in [3.8, 4) is 0 Å². The van der Waals surface area contributed by atoms with E-state index in [4.69, 9.17) is 5.73 Å². The van der Waals surface area contributed by atoms with Gasteiger partial charge in [0.15, 0.2) is 0 Å². The topological polar surface area (TPSA) is 55.1 Å². The SMILES string of the molecule is Cc1ccc(N)c(NC(=O)/C=C/c2cccs2)c1. The number of aryl methyl sites for hydroxylation is 1. The molecule has 0 radical (unpaired) electrons. The summed E-state index contributed by atoms with van der Waals surface area (Å²) >= 11 is 1.59. The molecule has 0 aliphatic rings. The maximum atomic E-state index is 11.7. The van der Waals surface area contributed by atoms with Gasteiger partial charge in [0.2, 0.25) is 5.91 Å². The fourth-order valence-electron chi connectivity index (χ4n) is 1.50. The zero-order chi connectivity index (χ0) is 13.0. The van der Waals surface area contributed by atoms with Crippen LogP contribution in [0.3, 0.4) is 0 Å².